The molecule has 7 nitrogen and oxygen atoms in total. The maximum atomic E-state index is 5.53. The van der Waals surface area contributed by atoms with E-state index < -0.39 is 0 Å². The summed E-state index contributed by atoms with van der Waals surface area (Å²) in [6.07, 6.45) is 1.06. The SMILES string of the molecule is CN=C(NCc1c(OC)cc(OC)cc1OC)NC1CCN(c2ccccc2)C1.I. The van der Waals surface area contributed by atoms with Crippen molar-refractivity contribution >= 4 is 35.6 Å². The summed E-state index contributed by atoms with van der Waals surface area (Å²) in [7, 11) is 6.68. The Hall–Kier alpha value is -2.36. The predicted molar refractivity (Wildman–Crippen MR) is 132 cm³/mol. The van der Waals surface area contributed by atoms with E-state index in [-0.39, 0.29) is 24.0 Å². The van der Waals surface area contributed by atoms with Gasteiger partial charge in [-0.2, -0.15) is 0 Å². The van der Waals surface area contributed by atoms with Crippen LogP contribution in [0.4, 0.5) is 5.69 Å². The summed E-state index contributed by atoms with van der Waals surface area (Å²) in [4.78, 5) is 6.77. The summed E-state index contributed by atoms with van der Waals surface area (Å²) >= 11 is 0. The van der Waals surface area contributed by atoms with Gasteiger partial charge in [0.05, 0.1) is 33.4 Å². The number of para-hydroxylation sites is 1. The van der Waals surface area contributed by atoms with Crippen molar-refractivity contribution in [2.24, 2.45) is 4.99 Å². The Balaban J connectivity index is 0.00000320. The number of methoxy groups -OCH3 is 3. The number of ether oxygens (including phenoxy) is 3. The number of halogens is 1. The molecule has 164 valence electrons. The topological polar surface area (TPSA) is 67.4 Å². The van der Waals surface area contributed by atoms with Gasteiger partial charge in [0.1, 0.15) is 17.2 Å². The summed E-state index contributed by atoms with van der Waals surface area (Å²) in [5.74, 6) is 2.86. The van der Waals surface area contributed by atoms with Gasteiger partial charge in [0.25, 0.3) is 0 Å². The van der Waals surface area contributed by atoms with Gasteiger partial charge in [-0.3, -0.25) is 4.99 Å². The molecule has 0 spiro atoms. The minimum atomic E-state index is 0. The number of nitrogens with one attached hydrogen (secondary N) is 2. The lowest BCUT2D eigenvalue weighted by Gasteiger charge is -2.21. The van der Waals surface area contributed by atoms with E-state index in [0.29, 0.717) is 29.8 Å². The Bertz CT molecular complexity index is 807. The maximum Gasteiger partial charge on any atom is 0.191 e. The molecule has 3 rings (SSSR count). The number of benzene rings is 2. The summed E-state index contributed by atoms with van der Waals surface area (Å²) in [6, 6.07) is 14.5. The Morgan fingerprint density at radius 1 is 1.07 bits per heavy atom. The summed E-state index contributed by atoms with van der Waals surface area (Å²) < 4.78 is 16.4. The average Bonchev–Trinajstić information content (AvgIpc) is 3.25. The molecule has 2 aromatic carbocycles. The van der Waals surface area contributed by atoms with Crippen molar-refractivity contribution in [3.05, 3.63) is 48.0 Å². The summed E-state index contributed by atoms with van der Waals surface area (Å²) in [5.41, 5.74) is 2.17. The first-order chi connectivity index (χ1) is 14.2. The average molecular weight is 526 g/mol. The minimum absolute atomic E-state index is 0. The van der Waals surface area contributed by atoms with Crippen LogP contribution in [0.3, 0.4) is 0 Å². The van der Waals surface area contributed by atoms with Crippen LogP contribution in [0.25, 0.3) is 0 Å². The molecular formula is C22H31IN4O3. The number of hydrogen-bond acceptors (Lipinski definition) is 5. The van der Waals surface area contributed by atoms with Gasteiger partial charge in [-0.25, -0.2) is 0 Å². The highest BCUT2D eigenvalue weighted by Crippen LogP contribution is 2.33. The molecule has 2 aromatic rings. The lowest BCUT2D eigenvalue weighted by Crippen LogP contribution is -2.44. The molecule has 0 aromatic heterocycles. The fourth-order valence-electron chi connectivity index (χ4n) is 3.56. The molecule has 30 heavy (non-hydrogen) atoms. The van der Waals surface area contributed by atoms with Gasteiger partial charge in [0, 0.05) is 44.0 Å². The van der Waals surface area contributed by atoms with Gasteiger partial charge < -0.3 is 29.7 Å². The molecule has 1 aliphatic rings. The van der Waals surface area contributed by atoms with Gasteiger partial charge >= 0.3 is 0 Å². The Kier molecular flexibility index (Phi) is 9.35. The quantitative estimate of drug-likeness (QED) is 0.328. The van der Waals surface area contributed by atoms with E-state index in [2.05, 4.69) is 44.8 Å². The van der Waals surface area contributed by atoms with Crippen LogP contribution in [-0.4, -0.2) is 53.5 Å². The summed E-state index contributed by atoms with van der Waals surface area (Å²) in [6.45, 7) is 2.49. The van der Waals surface area contributed by atoms with E-state index in [9.17, 15) is 0 Å². The van der Waals surface area contributed by atoms with Crippen LogP contribution in [0, 0.1) is 0 Å². The maximum absolute atomic E-state index is 5.53. The Morgan fingerprint density at radius 2 is 1.73 bits per heavy atom. The van der Waals surface area contributed by atoms with Crippen LogP contribution in [0.2, 0.25) is 0 Å². The second kappa shape index (κ2) is 11.7. The molecule has 1 heterocycles. The van der Waals surface area contributed by atoms with Crippen LogP contribution < -0.4 is 29.7 Å². The molecule has 1 fully saturated rings. The van der Waals surface area contributed by atoms with Gasteiger partial charge in [-0.05, 0) is 18.6 Å². The minimum Gasteiger partial charge on any atom is -0.496 e. The lowest BCUT2D eigenvalue weighted by atomic mass is 10.1. The van der Waals surface area contributed by atoms with Crippen molar-refractivity contribution in [1.82, 2.24) is 10.6 Å². The normalized spacial score (nSPS) is 15.9. The third-order valence-electron chi connectivity index (χ3n) is 5.12. The number of guanidine groups is 1. The number of nitrogens with zero attached hydrogens (tertiary/aromatic N) is 2. The first-order valence-corrected chi connectivity index (χ1v) is 9.74. The highest BCUT2D eigenvalue weighted by atomic mass is 127. The smallest absolute Gasteiger partial charge is 0.191 e. The molecule has 0 aliphatic carbocycles. The zero-order valence-corrected chi connectivity index (χ0v) is 20.3. The van der Waals surface area contributed by atoms with E-state index in [1.165, 1.54) is 5.69 Å². The van der Waals surface area contributed by atoms with Crippen molar-refractivity contribution in [2.45, 2.75) is 19.0 Å². The van der Waals surface area contributed by atoms with Crippen LogP contribution in [0.1, 0.15) is 12.0 Å². The second-order valence-corrected chi connectivity index (χ2v) is 6.85. The molecule has 2 N–H and O–H groups in total. The molecule has 1 atom stereocenters. The zero-order valence-electron chi connectivity index (χ0n) is 18.0. The third-order valence-corrected chi connectivity index (χ3v) is 5.12. The molecule has 1 aliphatic heterocycles. The van der Waals surface area contributed by atoms with E-state index in [1.807, 2.05) is 18.2 Å². The molecule has 0 saturated carbocycles. The first kappa shape index (κ1) is 23.9. The van der Waals surface area contributed by atoms with Crippen molar-refractivity contribution in [3.63, 3.8) is 0 Å². The third kappa shape index (κ3) is 5.84. The van der Waals surface area contributed by atoms with E-state index in [4.69, 9.17) is 14.2 Å². The highest BCUT2D eigenvalue weighted by molar-refractivity contribution is 14.0. The van der Waals surface area contributed by atoms with Crippen molar-refractivity contribution in [2.75, 3.05) is 46.4 Å². The molecule has 0 radical (unpaired) electrons. The fraction of sp³-hybridized carbons (Fsp3) is 0.409. The van der Waals surface area contributed by atoms with E-state index in [1.54, 1.807) is 28.4 Å². The van der Waals surface area contributed by atoms with E-state index in [0.717, 1.165) is 31.0 Å². The molecular weight excluding hydrogens is 495 g/mol. The Labute approximate surface area is 195 Å². The first-order valence-electron chi connectivity index (χ1n) is 9.74. The van der Waals surface area contributed by atoms with Crippen LogP contribution >= 0.6 is 24.0 Å². The standard InChI is InChI=1S/C22H30N4O3.HI/c1-23-22(25-16-10-11-26(15-16)17-8-6-5-7-9-17)24-14-19-20(28-3)12-18(27-2)13-21(19)29-4;/h5-9,12-13,16H,10-11,14-15H2,1-4H3,(H2,23,24,25);1H. The zero-order chi connectivity index (χ0) is 20.6. The number of hydrogen-bond donors (Lipinski definition) is 2. The van der Waals surface area contributed by atoms with Crippen LogP contribution in [0.15, 0.2) is 47.5 Å². The van der Waals surface area contributed by atoms with Crippen LogP contribution in [0.5, 0.6) is 17.2 Å². The number of aliphatic imine (C=N–C) groups is 1. The molecule has 1 unspecified atom stereocenters. The molecule has 8 heteroatoms. The monoisotopic (exact) mass is 526 g/mol. The number of anilines is 1. The van der Waals surface area contributed by atoms with Gasteiger partial charge in [0.15, 0.2) is 5.96 Å². The predicted octanol–water partition coefficient (Wildman–Crippen LogP) is 3.27. The van der Waals surface area contributed by atoms with Gasteiger partial charge in [-0.15, -0.1) is 24.0 Å². The van der Waals surface area contributed by atoms with Gasteiger partial charge in [-0.1, -0.05) is 18.2 Å². The second-order valence-electron chi connectivity index (χ2n) is 6.85. The number of rotatable bonds is 7. The molecule has 1 saturated heterocycles. The van der Waals surface area contributed by atoms with Crippen LogP contribution in [-0.2, 0) is 6.54 Å². The Morgan fingerprint density at radius 3 is 2.30 bits per heavy atom. The summed E-state index contributed by atoms with van der Waals surface area (Å²) in [5, 5.41) is 6.90. The highest BCUT2D eigenvalue weighted by Gasteiger charge is 2.23. The van der Waals surface area contributed by atoms with Crippen molar-refractivity contribution in [3.8, 4) is 17.2 Å². The fourth-order valence-corrected chi connectivity index (χ4v) is 3.56. The largest absolute Gasteiger partial charge is 0.496 e. The van der Waals surface area contributed by atoms with E-state index >= 15 is 0 Å². The van der Waals surface area contributed by atoms with Crippen molar-refractivity contribution in [1.29, 1.82) is 0 Å². The van der Waals surface area contributed by atoms with Gasteiger partial charge in [0.2, 0.25) is 0 Å². The lowest BCUT2D eigenvalue weighted by molar-refractivity contribution is 0.368. The molecule has 0 bridgehead atoms. The van der Waals surface area contributed by atoms with Crippen molar-refractivity contribution < 1.29 is 14.2 Å². The molecule has 0 amide bonds.